The van der Waals surface area contributed by atoms with Crippen LogP contribution in [0.5, 0.6) is 0 Å². The second-order valence-corrected chi connectivity index (χ2v) is 8.07. The molecule has 2 aromatic carbocycles. The van der Waals surface area contributed by atoms with E-state index in [1.807, 2.05) is 24.4 Å². The molecule has 31 heavy (non-hydrogen) atoms. The van der Waals surface area contributed by atoms with Gasteiger partial charge in [0.25, 0.3) is 5.91 Å². The van der Waals surface area contributed by atoms with Gasteiger partial charge in [-0.05, 0) is 35.6 Å². The van der Waals surface area contributed by atoms with Crippen molar-refractivity contribution >= 4 is 39.9 Å². The molecule has 4 N–H and O–H groups in total. The molecule has 4 rings (SSSR count). The maximum absolute atomic E-state index is 13.1. The third-order valence-corrected chi connectivity index (χ3v) is 5.88. The van der Waals surface area contributed by atoms with Crippen LogP contribution >= 0.6 is 0 Å². The number of amides is 1. The van der Waals surface area contributed by atoms with Gasteiger partial charge in [0.05, 0.1) is 11.4 Å². The highest BCUT2D eigenvalue weighted by Crippen LogP contribution is 2.30. The normalized spacial score (nSPS) is 18.9. The Morgan fingerprint density at radius 2 is 2.03 bits per heavy atom. The summed E-state index contributed by atoms with van der Waals surface area (Å²) in [6.07, 6.45) is 4.09. The zero-order chi connectivity index (χ0) is 22.0. The summed E-state index contributed by atoms with van der Waals surface area (Å²) in [5.41, 5.74) is 7.91. The number of nitrogens with one attached hydrogen (secondary N) is 2. The summed E-state index contributed by atoms with van der Waals surface area (Å²) in [5.74, 6) is 0.789. The Kier molecular flexibility index (Phi) is 5.84. The first-order valence-corrected chi connectivity index (χ1v) is 10.8. The Labute approximate surface area is 182 Å². The van der Waals surface area contributed by atoms with Crippen LogP contribution in [0.3, 0.4) is 0 Å². The number of carbonyl (C=O) groups is 1. The van der Waals surface area contributed by atoms with E-state index in [-0.39, 0.29) is 23.8 Å². The fourth-order valence-electron chi connectivity index (χ4n) is 3.91. The van der Waals surface area contributed by atoms with Gasteiger partial charge in [-0.1, -0.05) is 56.7 Å². The minimum absolute atomic E-state index is 0.0110. The largest absolute Gasteiger partial charge is 0.370 e. The zero-order valence-electron chi connectivity index (χ0n) is 17.9. The molecule has 0 aromatic heterocycles. The molecule has 0 fully saturated rings. The molecule has 7 nitrogen and oxygen atoms in total. The highest BCUT2D eigenvalue weighted by Gasteiger charge is 2.39. The Balaban J connectivity index is 1.68. The number of rotatable bonds is 7. The molecule has 0 bridgehead atoms. The molecule has 1 amide bonds. The maximum atomic E-state index is 13.1. The Hall–Kier alpha value is -3.48. The summed E-state index contributed by atoms with van der Waals surface area (Å²) >= 11 is 0. The van der Waals surface area contributed by atoms with Crippen LogP contribution in [0, 0.1) is 11.3 Å². The van der Waals surface area contributed by atoms with Crippen molar-refractivity contribution in [3.05, 3.63) is 54.2 Å². The maximum Gasteiger partial charge on any atom is 0.257 e. The van der Waals surface area contributed by atoms with Gasteiger partial charge in [-0.2, -0.15) is 0 Å². The van der Waals surface area contributed by atoms with Crippen LogP contribution in [0.2, 0.25) is 0 Å². The van der Waals surface area contributed by atoms with Crippen LogP contribution < -0.4 is 11.1 Å². The summed E-state index contributed by atoms with van der Waals surface area (Å²) in [5, 5.41) is 12.4. The zero-order valence-corrected chi connectivity index (χ0v) is 17.9. The number of aliphatic imine (C=N–C) groups is 2. The van der Waals surface area contributed by atoms with Gasteiger partial charge < -0.3 is 11.1 Å². The van der Waals surface area contributed by atoms with Gasteiger partial charge in [0.2, 0.25) is 0 Å². The number of guanidine groups is 1. The van der Waals surface area contributed by atoms with E-state index in [4.69, 9.17) is 21.1 Å². The molecule has 0 saturated carbocycles. The Morgan fingerprint density at radius 1 is 1.26 bits per heavy atom. The summed E-state index contributed by atoms with van der Waals surface area (Å²) in [7, 11) is 0. The quantitative estimate of drug-likeness (QED) is 0.365. The molecule has 2 heterocycles. The van der Waals surface area contributed by atoms with Crippen LogP contribution in [0.15, 0.2) is 58.6 Å². The van der Waals surface area contributed by atoms with Crippen molar-refractivity contribution < 1.29 is 4.79 Å². The molecule has 2 aliphatic heterocycles. The topological polar surface area (TPSA) is 107 Å². The summed E-state index contributed by atoms with van der Waals surface area (Å²) in [6.45, 7) is 4.71. The van der Waals surface area contributed by atoms with E-state index >= 15 is 0 Å². The number of fused-ring (bicyclic) bond motifs is 2. The van der Waals surface area contributed by atoms with E-state index in [1.165, 1.54) is 5.39 Å². The molecule has 2 aromatic rings. The van der Waals surface area contributed by atoms with Gasteiger partial charge in [0.15, 0.2) is 11.8 Å². The molecule has 2 aliphatic rings. The van der Waals surface area contributed by atoms with Crippen LogP contribution in [0.25, 0.3) is 16.5 Å². The second kappa shape index (κ2) is 8.71. The number of hydrogen-bond donors (Lipinski definition) is 3. The Morgan fingerprint density at radius 3 is 2.77 bits per heavy atom. The molecule has 2 atom stereocenters. The summed E-state index contributed by atoms with van der Waals surface area (Å²) in [4.78, 5) is 24.5. The lowest BCUT2D eigenvalue weighted by molar-refractivity contribution is -0.126. The van der Waals surface area contributed by atoms with Gasteiger partial charge in [0, 0.05) is 18.3 Å². The third kappa shape index (κ3) is 4.21. The van der Waals surface area contributed by atoms with E-state index in [1.54, 1.807) is 4.90 Å². The second-order valence-electron chi connectivity index (χ2n) is 8.07. The average molecular weight is 417 g/mol. The molecule has 0 saturated heterocycles. The molecular weight excluding hydrogens is 388 g/mol. The number of hydrogen-bond acceptors (Lipinski definition) is 4. The van der Waals surface area contributed by atoms with Gasteiger partial charge in [0.1, 0.15) is 6.04 Å². The fourth-order valence-corrected chi connectivity index (χ4v) is 3.91. The van der Waals surface area contributed by atoms with E-state index in [9.17, 15) is 4.79 Å². The lowest BCUT2D eigenvalue weighted by Gasteiger charge is -2.23. The van der Waals surface area contributed by atoms with Crippen molar-refractivity contribution in [1.29, 1.82) is 5.41 Å². The lowest BCUT2D eigenvalue weighted by atomic mass is 9.99. The van der Waals surface area contributed by atoms with Crippen molar-refractivity contribution in [2.24, 2.45) is 21.6 Å². The summed E-state index contributed by atoms with van der Waals surface area (Å²) in [6, 6.07) is 14.1. The van der Waals surface area contributed by atoms with E-state index < -0.39 is 0 Å². The van der Waals surface area contributed by atoms with Crippen molar-refractivity contribution in [3.63, 3.8) is 0 Å². The number of benzene rings is 2. The predicted octanol–water partition coefficient (Wildman–Crippen LogP) is 3.51. The van der Waals surface area contributed by atoms with Crippen molar-refractivity contribution in [3.8, 4) is 0 Å². The highest BCUT2D eigenvalue weighted by atomic mass is 16.2. The minimum atomic E-state index is -0.368. The van der Waals surface area contributed by atoms with Gasteiger partial charge >= 0.3 is 0 Å². The van der Waals surface area contributed by atoms with E-state index in [0.29, 0.717) is 18.8 Å². The molecule has 0 aliphatic carbocycles. The van der Waals surface area contributed by atoms with Crippen molar-refractivity contribution in [2.75, 3.05) is 6.54 Å². The average Bonchev–Trinajstić information content (AvgIpc) is 3.12. The smallest absolute Gasteiger partial charge is 0.257 e. The van der Waals surface area contributed by atoms with Gasteiger partial charge in [-0.15, -0.1) is 0 Å². The highest BCUT2D eigenvalue weighted by molar-refractivity contribution is 6.47. The SMILES string of the molecule is CCC(C)C1N=C2C(CCCNC(=N)N)=NC(c3ccc4ccccc4c3)=CN2C1=O. The molecule has 2 unspecified atom stereocenters. The van der Waals surface area contributed by atoms with Crippen molar-refractivity contribution in [1.82, 2.24) is 10.2 Å². The monoisotopic (exact) mass is 416 g/mol. The molecule has 7 heteroatoms. The van der Waals surface area contributed by atoms with Crippen molar-refractivity contribution in [2.45, 2.75) is 39.2 Å². The summed E-state index contributed by atoms with van der Waals surface area (Å²) < 4.78 is 0. The Bertz CT molecular complexity index is 1120. The third-order valence-electron chi connectivity index (χ3n) is 5.88. The molecule has 0 radical (unpaired) electrons. The standard InChI is InChI=1S/C24H28N6O/c1-3-15(2)21-23(31)30-14-20(18-11-10-16-7-4-5-8-17(16)13-18)28-19(22(30)29-21)9-6-12-27-24(25)26/h4-5,7-8,10-11,13-15,21H,3,6,9,12H2,1-2H3,(H4,25,26,27). The van der Waals surface area contributed by atoms with Crippen LogP contribution in [-0.4, -0.2) is 40.9 Å². The molecular formula is C24H28N6O. The minimum Gasteiger partial charge on any atom is -0.370 e. The first-order chi connectivity index (χ1) is 15.0. The number of nitrogens with zero attached hydrogens (tertiary/aromatic N) is 3. The van der Waals surface area contributed by atoms with E-state index in [0.717, 1.165) is 35.2 Å². The van der Waals surface area contributed by atoms with E-state index in [2.05, 4.69) is 43.4 Å². The van der Waals surface area contributed by atoms with Crippen LogP contribution in [-0.2, 0) is 4.79 Å². The van der Waals surface area contributed by atoms with Gasteiger partial charge in [-0.3, -0.25) is 20.1 Å². The fraction of sp³-hybridized carbons (Fsp3) is 0.333. The van der Waals surface area contributed by atoms with Crippen LogP contribution in [0.4, 0.5) is 0 Å². The van der Waals surface area contributed by atoms with Gasteiger partial charge in [-0.25, -0.2) is 4.99 Å². The lowest BCUT2D eigenvalue weighted by Crippen LogP contribution is -2.38. The van der Waals surface area contributed by atoms with Crippen LogP contribution in [0.1, 0.15) is 38.7 Å². The molecule has 0 spiro atoms. The first kappa shape index (κ1) is 20.8. The predicted molar refractivity (Wildman–Crippen MR) is 126 cm³/mol. The number of nitrogens with two attached hydrogens (primary N) is 1. The molecule has 160 valence electrons. The first-order valence-electron chi connectivity index (χ1n) is 10.8. The number of amidine groups is 1. The number of carbonyl (C=O) groups excluding carboxylic acids is 1.